The Labute approximate surface area is 103 Å². The average Bonchev–Trinajstić information content (AvgIpc) is 2.54. The molecular formula is C13H9FN2O2. The molecule has 0 unspecified atom stereocenters. The van der Waals surface area contributed by atoms with Gasteiger partial charge >= 0.3 is 0 Å². The maximum absolute atomic E-state index is 13.5. The zero-order valence-electron chi connectivity index (χ0n) is 9.82. The second-order valence-electron chi connectivity index (χ2n) is 3.94. The minimum atomic E-state index is -0.752. The molecule has 0 saturated carbocycles. The Morgan fingerprint density at radius 1 is 1.17 bits per heavy atom. The van der Waals surface area contributed by atoms with Gasteiger partial charge in [-0.2, -0.15) is 5.26 Å². The lowest BCUT2D eigenvalue weighted by molar-refractivity contribution is -0.120. The smallest absolute Gasteiger partial charge is 0.261 e. The Morgan fingerprint density at radius 3 is 2.22 bits per heavy atom. The Bertz CT molecular complexity index is 617. The first kappa shape index (κ1) is 12.0. The van der Waals surface area contributed by atoms with Crippen LogP contribution in [0.3, 0.4) is 0 Å². The van der Waals surface area contributed by atoms with Crippen LogP contribution in [0.4, 0.5) is 10.1 Å². The summed E-state index contributed by atoms with van der Waals surface area (Å²) in [5.41, 5.74) is 0.312. The minimum Gasteiger partial charge on any atom is -0.269 e. The highest BCUT2D eigenvalue weighted by Crippen LogP contribution is 2.30. The first-order valence-electron chi connectivity index (χ1n) is 5.24. The van der Waals surface area contributed by atoms with Crippen molar-refractivity contribution in [3.8, 4) is 6.07 Å². The molecule has 2 amide bonds. The minimum absolute atomic E-state index is 0.0105. The molecule has 0 fully saturated rings. The van der Waals surface area contributed by atoms with Crippen LogP contribution in [-0.2, 0) is 9.59 Å². The second kappa shape index (κ2) is 4.08. The molecule has 1 aromatic rings. The molecule has 1 aliphatic heterocycles. The van der Waals surface area contributed by atoms with Gasteiger partial charge in [0.05, 0.1) is 5.69 Å². The molecular weight excluding hydrogens is 235 g/mol. The zero-order chi connectivity index (χ0) is 13.4. The Hall–Kier alpha value is -2.48. The van der Waals surface area contributed by atoms with Crippen LogP contribution in [0, 0.1) is 17.1 Å². The van der Waals surface area contributed by atoms with Gasteiger partial charge in [-0.1, -0.05) is 6.07 Å². The predicted molar refractivity (Wildman–Crippen MR) is 62.0 cm³/mol. The van der Waals surface area contributed by atoms with Gasteiger partial charge in [0.15, 0.2) is 0 Å². The predicted octanol–water partition coefficient (Wildman–Crippen LogP) is 1.91. The fourth-order valence-electron chi connectivity index (χ4n) is 1.78. The largest absolute Gasteiger partial charge is 0.269 e. The van der Waals surface area contributed by atoms with E-state index in [-0.39, 0.29) is 11.3 Å². The topological polar surface area (TPSA) is 61.2 Å². The van der Waals surface area contributed by atoms with E-state index in [0.717, 1.165) is 11.0 Å². The third-order valence-corrected chi connectivity index (χ3v) is 2.95. The number of rotatable bonds is 1. The van der Waals surface area contributed by atoms with Crippen LogP contribution in [0.1, 0.15) is 19.4 Å². The number of amides is 2. The molecule has 0 N–H and O–H groups in total. The summed E-state index contributed by atoms with van der Waals surface area (Å²) in [7, 11) is 0. The molecule has 0 radical (unpaired) electrons. The van der Waals surface area contributed by atoms with E-state index in [4.69, 9.17) is 5.26 Å². The number of hydrogen-bond donors (Lipinski definition) is 0. The van der Waals surface area contributed by atoms with Crippen molar-refractivity contribution < 1.29 is 14.0 Å². The molecule has 4 nitrogen and oxygen atoms in total. The van der Waals surface area contributed by atoms with Crippen LogP contribution in [0.15, 0.2) is 29.3 Å². The maximum atomic E-state index is 13.5. The van der Waals surface area contributed by atoms with Gasteiger partial charge < -0.3 is 0 Å². The van der Waals surface area contributed by atoms with Gasteiger partial charge in [-0.3, -0.25) is 9.59 Å². The molecule has 2 rings (SSSR count). The van der Waals surface area contributed by atoms with Crippen molar-refractivity contribution in [2.75, 3.05) is 4.90 Å². The fraction of sp³-hybridized carbons (Fsp3) is 0.154. The number of benzene rings is 1. The lowest BCUT2D eigenvalue weighted by Gasteiger charge is -2.16. The van der Waals surface area contributed by atoms with Crippen molar-refractivity contribution in [3.63, 3.8) is 0 Å². The number of halogens is 1. The SMILES string of the molecule is CC1=C(C)C(=O)N(c2cccc(F)c2C#N)C1=O. The molecule has 90 valence electrons. The molecule has 1 heterocycles. The normalized spacial score (nSPS) is 15.3. The van der Waals surface area contributed by atoms with Gasteiger partial charge in [0, 0.05) is 11.1 Å². The van der Waals surface area contributed by atoms with Gasteiger partial charge in [-0.05, 0) is 26.0 Å². The van der Waals surface area contributed by atoms with E-state index in [0.29, 0.717) is 11.1 Å². The Morgan fingerprint density at radius 2 is 1.72 bits per heavy atom. The summed E-state index contributed by atoms with van der Waals surface area (Å²) >= 11 is 0. The summed E-state index contributed by atoms with van der Waals surface area (Å²) in [5, 5.41) is 8.91. The summed E-state index contributed by atoms with van der Waals surface area (Å²) in [6.45, 7) is 3.06. The monoisotopic (exact) mass is 244 g/mol. The van der Waals surface area contributed by atoms with E-state index in [9.17, 15) is 14.0 Å². The molecule has 0 aromatic heterocycles. The maximum Gasteiger partial charge on any atom is 0.261 e. The molecule has 0 spiro atoms. The fourth-order valence-corrected chi connectivity index (χ4v) is 1.78. The highest BCUT2D eigenvalue weighted by molar-refractivity contribution is 6.32. The molecule has 5 heteroatoms. The summed E-state index contributed by atoms with van der Waals surface area (Å²) in [6, 6.07) is 5.52. The number of imide groups is 1. The highest BCUT2D eigenvalue weighted by atomic mass is 19.1. The van der Waals surface area contributed by atoms with E-state index in [1.165, 1.54) is 26.0 Å². The van der Waals surface area contributed by atoms with Gasteiger partial charge in [0.1, 0.15) is 17.4 Å². The first-order chi connectivity index (χ1) is 8.49. The van der Waals surface area contributed by atoms with Crippen LogP contribution in [-0.4, -0.2) is 11.8 Å². The zero-order valence-corrected chi connectivity index (χ0v) is 9.82. The lowest BCUT2D eigenvalue weighted by atomic mass is 10.1. The molecule has 18 heavy (non-hydrogen) atoms. The van der Waals surface area contributed by atoms with Crippen molar-refractivity contribution in [1.29, 1.82) is 5.26 Å². The third-order valence-electron chi connectivity index (χ3n) is 2.95. The van der Waals surface area contributed by atoms with E-state index in [1.54, 1.807) is 6.07 Å². The van der Waals surface area contributed by atoms with Gasteiger partial charge in [-0.15, -0.1) is 0 Å². The molecule has 0 bridgehead atoms. The van der Waals surface area contributed by atoms with Crippen molar-refractivity contribution in [2.24, 2.45) is 0 Å². The highest BCUT2D eigenvalue weighted by Gasteiger charge is 2.36. The Balaban J connectivity index is 2.61. The molecule has 1 aromatic carbocycles. The van der Waals surface area contributed by atoms with Crippen molar-refractivity contribution >= 4 is 17.5 Å². The number of nitrogens with zero attached hydrogens (tertiary/aromatic N) is 2. The number of carbonyl (C=O) groups is 2. The number of hydrogen-bond acceptors (Lipinski definition) is 3. The number of carbonyl (C=O) groups excluding carboxylic acids is 2. The average molecular weight is 244 g/mol. The summed E-state index contributed by atoms with van der Waals surface area (Å²) in [6.07, 6.45) is 0. The molecule has 1 aliphatic rings. The van der Waals surface area contributed by atoms with Gasteiger partial charge in [0.2, 0.25) is 0 Å². The van der Waals surface area contributed by atoms with Crippen LogP contribution in [0.25, 0.3) is 0 Å². The quantitative estimate of drug-likeness (QED) is 0.709. The van der Waals surface area contributed by atoms with Crippen LogP contribution >= 0.6 is 0 Å². The van der Waals surface area contributed by atoms with Gasteiger partial charge in [0.25, 0.3) is 11.8 Å². The van der Waals surface area contributed by atoms with E-state index in [1.807, 2.05) is 0 Å². The standard InChI is InChI=1S/C13H9FN2O2/c1-7-8(2)13(18)16(12(7)17)11-5-3-4-10(14)9(11)6-15/h3-5H,1-2H3. The number of anilines is 1. The van der Waals surface area contributed by atoms with Crippen molar-refractivity contribution in [2.45, 2.75) is 13.8 Å². The lowest BCUT2D eigenvalue weighted by Crippen LogP contribution is -2.32. The van der Waals surface area contributed by atoms with Crippen LogP contribution in [0.5, 0.6) is 0 Å². The van der Waals surface area contributed by atoms with Crippen molar-refractivity contribution in [1.82, 2.24) is 0 Å². The van der Waals surface area contributed by atoms with Crippen molar-refractivity contribution in [3.05, 3.63) is 40.7 Å². The third kappa shape index (κ3) is 1.51. The van der Waals surface area contributed by atoms with Gasteiger partial charge in [-0.25, -0.2) is 9.29 Å². The van der Waals surface area contributed by atoms with Crippen LogP contribution in [0.2, 0.25) is 0 Å². The Kier molecular flexibility index (Phi) is 2.71. The second-order valence-corrected chi connectivity index (χ2v) is 3.94. The summed E-state index contributed by atoms with van der Waals surface area (Å²) in [4.78, 5) is 24.7. The molecule has 0 atom stereocenters. The first-order valence-corrected chi connectivity index (χ1v) is 5.24. The summed E-state index contributed by atoms with van der Waals surface area (Å²) < 4.78 is 13.5. The van der Waals surface area contributed by atoms with E-state index >= 15 is 0 Å². The van der Waals surface area contributed by atoms with E-state index < -0.39 is 17.6 Å². The number of nitriles is 1. The summed E-state index contributed by atoms with van der Waals surface area (Å²) in [5.74, 6) is -1.78. The molecule has 0 saturated heterocycles. The van der Waals surface area contributed by atoms with Crippen LogP contribution < -0.4 is 4.90 Å². The molecule has 0 aliphatic carbocycles. The van der Waals surface area contributed by atoms with E-state index in [2.05, 4.69) is 0 Å².